The molecule has 8 aromatic rings. The van der Waals surface area contributed by atoms with E-state index in [4.69, 9.17) is 9.97 Å². The lowest BCUT2D eigenvalue weighted by Crippen LogP contribution is -2.55. The molecule has 4 fully saturated rings. The molecule has 50 heavy (non-hydrogen) atoms. The maximum absolute atomic E-state index is 5.69. The van der Waals surface area contributed by atoms with Crippen molar-refractivity contribution in [2.75, 3.05) is 0 Å². The predicted molar refractivity (Wildman–Crippen MR) is 206 cm³/mol. The molecule has 2 nitrogen and oxygen atoms in total. The van der Waals surface area contributed by atoms with Gasteiger partial charge in [-0.05, 0) is 106 Å². The molecule has 2 heteroatoms. The Labute approximate surface area is 291 Å². The van der Waals surface area contributed by atoms with Crippen LogP contribution in [0.3, 0.4) is 0 Å². The summed E-state index contributed by atoms with van der Waals surface area (Å²) in [6, 6.07) is 49.5. The van der Waals surface area contributed by atoms with Gasteiger partial charge in [0.2, 0.25) is 0 Å². The molecule has 0 aliphatic heterocycles. The van der Waals surface area contributed by atoms with Crippen molar-refractivity contribution in [1.82, 2.24) is 9.97 Å². The standard InChI is InChI=1S/C48H36N2/c1-2-11-31(12-3-1)44-45(50-47-39-17-9-7-15-37(39)36-14-6-8-16-38(36)46(47)49-44)32-18-20-40-42(27-32)48(33-23-28-22-29(25-33)26-34(48)24-28)41-21-19-30-10-4-5-13-35(30)43(40)41/h1-21,27-29,33-34H,22-26H2. The van der Waals surface area contributed by atoms with Gasteiger partial charge in [-0.1, -0.05) is 127 Å². The van der Waals surface area contributed by atoms with Crippen molar-refractivity contribution < 1.29 is 0 Å². The third-order valence-electron chi connectivity index (χ3n) is 13.4. The molecular weight excluding hydrogens is 605 g/mol. The monoisotopic (exact) mass is 640 g/mol. The minimum atomic E-state index is 0.0677. The highest BCUT2D eigenvalue weighted by Crippen LogP contribution is 2.70. The molecule has 7 aromatic carbocycles. The fraction of sp³-hybridized carbons (Fsp3) is 0.208. The van der Waals surface area contributed by atoms with Gasteiger partial charge in [0, 0.05) is 27.3 Å². The number of rotatable bonds is 2. The first-order valence-electron chi connectivity index (χ1n) is 18.6. The van der Waals surface area contributed by atoms with Gasteiger partial charge in [-0.25, -0.2) is 9.97 Å². The molecule has 1 aromatic heterocycles. The quantitative estimate of drug-likeness (QED) is 0.176. The molecule has 0 N–H and O–H groups in total. The molecule has 0 saturated heterocycles. The van der Waals surface area contributed by atoms with E-state index in [1.165, 1.54) is 70.3 Å². The maximum atomic E-state index is 5.69. The summed E-state index contributed by atoms with van der Waals surface area (Å²) in [7, 11) is 0. The lowest BCUT2D eigenvalue weighted by Gasteiger charge is -2.61. The van der Waals surface area contributed by atoms with E-state index >= 15 is 0 Å². The van der Waals surface area contributed by atoms with Crippen molar-refractivity contribution in [3.05, 3.63) is 145 Å². The highest BCUT2D eigenvalue weighted by atomic mass is 14.8. The topological polar surface area (TPSA) is 25.8 Å². The number of aromatic nitrogens is 2. The lowest BCUT2D eigenvalue weighted by atomic mass is 9.43. The molecule has 4 saturated carbocycles. The van der Waals surface area contributed by atoms with Crippen LogP contribution in [0.1, 0.15) is 43.2 Å². The Morgan fingerprint density at radius 2 is 1.00 bits per heavy atom. The number of fused-ring (bicyclic) bond motifs is 11. The van der Waals surface area contributed by atoms with Crippen LogP contribution in [0.15, 0.2) is 133 Å². The second-order valence-electron chi connectivity index (χ2n) is 15.7. The van der Waals surface area contributed by atoms with Crippen molar-refractivity contribution in [1.29, 1.82) is 0 Å². The van der Waals surface area contributed by atoms with Crippen LogP contribution in [-0.2, 0) is 5.41 Å². The van der Waals surface area contributed by atoms with Gasteiger partial charge in [-0.15, -0.1) is 0 Å². The molecule has 4 bridgehead atoms. The molecular formula is C48H36N2. The van der Waals surface area contributed by atoms with Crippen LogP contribution in [0.25, 0.3) is 77.0 Å². The Balaban J connectivity index is 1.18. The summed E-state index contributed by atoms with van der Waals surface area (Å²) in [6.45, 7) is 0. The van der Waals surface area contributed by atoms with E-state index in [0.717, 1.165) is 50.6 Å². The first-order valence-corrected chi connectivity index (χ1v) is 18.6. The minimum absolute atomic E-state index is 0.0677. The third kappa shape index (κ3) is 3.49. The van der Waals surface area contributed by atoms with Crippen LogP contribution in [0.5, 0.6) is 0 Å². The fourth-order valence-electron chi connectivity index (χ4n) is 11.8. The Kier molecular flexibility index (Phi) is 5.43. The van der Waals surface area contributed by atoms with E-state index in [-0.39, 0.29) is 5.41 Å². The largest absolute Gasteiger partial charge is 0.243 e. The van der Waals surface area contributed by atoms with Crippen molar-refractivity contribution in [2.24, 2.45) is 23.7 Å². The van der Waals surface area contributed by atoms with Gasteiger partial charge in [0.05, 0.1) is 22.4 Å². The van der Waals surface area contributed by atoms with Gasteiger partial charge in [0.1, 0.15) is 0 Å². The maximum Gasteiger partial charge on any atom is 0.0979 e. The summed E-state index contributed by atoms with van der Waals surface area (Å²) in [4.78, 5) is 11.3. The molecule has 0 unspecified atom stereocenters. The molecule has 0 amide bonds. The number of hydrogen-bond donors (Lipinski definition) is 0. The molecule has 238 valence electrons. The van der Waals surface area contributed by atoms with Gasteiger partial charge in [-0.3, -0.25) is 0 Å². The fourth-order valence-corrected chi connectivity index (χ4v) is 11.8. The van der Waals surface area contributed by atoms with Crippen LogP contribution in [-0.4, -0.2) is 9.97 Å². The lowest BCUT2D eigenvalue weighted by molar-refractivity contribution is -0.0399. The van der Waals surface area contributed by atoms with Crippen molar-refractivity contribution in [3.8, 4) is 33.6 Å². The molecule has 1 spiro atoms. The summed E-state index contributed by atoms with van der Waals surface area (Å²) in [5, 5.41) is 7.51. The van der Waals surface area contributed by atoms with E-state index in [2.05, 4.69) is 133 Å². The first-order chi connectivity index (χ1) is 24.8. The SMILES string of the molecule is c1ccc(-c2nc3c4ccccc4c4ccccc4c3nc2-c2ccc3c(c2)C2(c4ccc5ccccc5c4-3)C3CC4CC(C3)CC2C4)cc1. The Morgan fingerprint density at radius 3 is 1.66 bits per heavy atom. The minimum Gasteiger partial charge on any atom is -0.243 e. The second kappa shape index (κ2) is 9.88. The molecule has 0 radical (unpaired) electrons. The summed E-state index contributed by atoms with van der Waals surface area (Å²) < 4.78 is 0. The van der Waals surface area contributed by atoms with Crippen LogP contribution >= 0.6 is 0 Å². The van der Waals surface area contributed by atoms with Crippen LogP contribution in [0.4, 0.5) is 0 Å². The normalized spacial score (nSPS) is 24.5. The summed E-state index contributed by atoms with van der Waals surface area (Å²) in [5.74, 6) is 3.19. The molecule has 5 aliphatic carbocycles. The molecule has 1 heterocycles. The Hall–Kier alpha value is -5.34. The van der Waals surface area contributed by atoms with Gasteiger partial charge in [0.25, 0.3) is 0 Å². The van der Waals surface area contributed by atoms with Crippen LogP contribution in [0.2, 0.25) is 0 Å². The number of hydrogen-bond acceptors (Lipinski definition) is 2. The zero-order chi connectivity index (χ0) is 32.6. The first kappa shape index (κ1) is 27.5. The highest BCUT2D eigenvalue weighted by molar-refractivity contribution is 6.23. The third-order valence-corrected chi connectivity index (χ3v) is 13.4. The van der Waals surface area contributed by atoms with Gasteiger partial charge in [0.15, 0.2) is 0 Å². The van der Waals surface area contributed by atoms with Gasteiger partial charge < -0.3 is 0 Å². The van der Waals surface area contributed by atoms with Crippen LogP contribution < -0.4 is 0 Å². The van der Waals surface area contributed by atoms with E-state index in [1.54, 1.807) is 11.1 Å². The second-order valence-corrected chi connectivity index (χ2v) is 15.7. The van der Waals surface area contributed by atoms with Gasteiger partial charge >= 0.3 is 0 Å². The van der Waals surface area contributed by atoms with Crippen molar-refractivity contribution in [2.45, 2.75) is 37.5 Å². The Morgan fingerprint density at radius 1 is 0.440 bits per heavy atom. The predicted octanol–water partition coefficient (Wildman–Crippen LogP) is 12.1. The van der Waals surface area contributed by atoms with Gasteiger partial charge in [-0.2, -0.15) is 0 Å². The average Bonchev–Trinajstić information content (AvgIpc) is 3.47. The highest BCUT2D eigenvalue weighted by Gasteiger charge is 2.61. The van der Waals surface area contributed by atoms with Crippen molar-refractivity contribution in [3.63, 3.8) is 0 Å². The molecule has 5 aliphatic rings. The summed E-state index contributed by atoms with van der Waals surface area (Å²) in [5.41, 5.74) is 12.3. The number of nitrogens with zero attached hydrogens (tertiary/aromatic N) is 2. The van der Waals surface area contributed by atoms with E-state index in [1.807, 2.05) is 0 Å². The number of benzene rings is 7. The zero-order valence-electron chi connectivity index (χ0n) is 27.9. The summed E-state index contributed by atoms with van der Waals surface area (Å²) in [6.07, 6.45) is 6.93. The Bertz CT molecular complexity index is 2700. The smallest absolute Gasteiger partial charge is 0.0979 e. The average molecular weight is 641 g/mol. The van der Waals surface area contributed by atoms with E-state index in [0.29, 0.717) is 11.8 Å². The summed E-state index contributed by atoms with van der Waals surface area (Å²) >= 11 is 0. The van der Waals surface area contributed by atoms with Crippen LogP contribution in [0, 0.1) is 23.7 Å². The zero-order valence-corrected chi connectivity index (χ0v) is 27.9. The molecule has 13 rings (SSSR count). The van der Waals surface area contributed by atoms with E-state index in [9.17, 15) is 0 Å². The molecule has 0 atom stereocenters. The van der Waals surface area contributed by atoms with Crippen molar-refractivity contribution >= 4 is 43.4 Å². The van der Waals surface area contributed by atoms with E-state index < -0.39 is 0 Å².